The van der Waals surface area contributed by atoms with Crippen molar-refractivity contribution in [2.45, 2.75) is 39.0 Å². The SMILES string of the molecule is COC(OC)C(C)NC(=O)CCc1c(C)ccc2ccccc12. The standard InChI is InChI=1S/C19H25NO3/c1-13-9-10-15-7-5-6-8-17(15)16(13)11-12-18(21)20-14(2)19(22-3)23-4/h5-10,14,19H,11-12H2,1-4H3,(H,20,21). The Bertz CT molecular complexity index is 665. The Morgan fingerprint density at radius 2 is 1.83 bits per heavy atom. The Labute approximate surface area is 137 Å². The van der Waals surface area contributed by atoms with E-state index in [2.05, 4.69) is 36.5 Å². The molecule has 0 saturated heterocycles. The van der Waals surface area contributed by atoms with Gasteiger partial charge in [0.2, 0.25) is 5.91 Å². The van der Waals surface area contributed by atoms with Crippen LogP contribution in [0.2, 0.25) is 0 Å². The van der Waals surface area contributed by atoms with E-state index in [1.165, 1.54) is 21.9 Å². The van der Waals surface area contributed by atoms with Crippen LogP contribution in [-0.2, 0) is 20.7 Å². The monoisotopic (exact) mass is 315 g/mol. The van der Waals surface area contributed by atoms with E-state index in [9.17, 15) is 4.79 Å². The Morgan fingerprint density at radius 3 is 2.52 bits per heavy atom. The van der Waals surface area contributed by atoms with Crippen molar-refractivity contribution in [2.75, 3.05) is 14.2 Å². The lowest BCUT2D eigenvalue weighted by Crippen LogP contribution is -2.43. The third-order valence-electron chi connectivity index (χ3n) is 4.14. The van der Waals surface area contributed by atoms with E-state index >= 15 is 0 Å². The van der Waals surface area contributed by atoms with Crippen molar-refractivity contribution < 1.29 is 14.3 Å². The fourth-order valence-electron chi connectivity index (χ4n) is 2.91. The molecule has 0 aliphatic heterocycles. The van der Waals surface area contributed by atoms with Gasteiger partial charge < -0.3 is 14.8 Å². The Kier molecular flexibility index (Phi) is 6.13. The van der Waals surface area contributed by atoms with Crippen molar-refractivity contribution in [2.24, 2.45) is 0 Å². The highest BCUT2D eigenvalue weighted by Crippen LogP contribution is 2.23. The maximum atomic E-state index is 12.2. The van der Waals surface area contributed by atoms with Gasteiger partial charge in [0.05, 0.1) is 6.04 Å². The predicted octanol–water partition coefficient (Wildman–Crippen LogP) is 3.20. The first kappa shape index (κ1) is 17.4. The number of hydrogen-bond acceptors (Lipinski definition) is 3. The zero-order chi connectivity index (χ0) is 16.8. The van der Waals surface area contributed by atoms with Crippen LogP contribution in [0.5, 0.6) is 0 Å². The average molecular weight is 315 g/mol. The lowest BCUT2D eigenvalue weighted by Gasteiger charge is -2.22. The van der Waals surface area contributed by atoms with E-state index in [1.807, 2.05) is 19.1 Å². The van der Waals surface area contributed by atoms with Gasteiger partial charge >= 0.3 is 0 Å². The number of rotatable bonds is 7. The second-order valence-corrected chi connectivity index (χ2v) is 5.78. The Balaban J connectivity index is 2.03. The van der Waals surface area contributed by atoms with Crippen LogP contribution >= 0.6 is 0 Å². The van der Waals surface area contributed by atoms with Crippen LogP contribution in [0.1, 0.15) is 24.5 Å². The molecule has 2 aromatic carbocycles. The number of amides is 1. The van der Waals surface area contributed by atoms with Crippen molar-refractivity contribution in [3.05, 3.63) is 47.5 Å². The van der Waals surface area contributed by atoms with Gasteiger partial charge in [0.25, 0.3) is 0 Å². The van der Waals surface area contributed by atoms with Gasteiger partial charge in [-0.15, -0.1) is 0 Å². The number of fused-ring (bicyclic) bond motifs is 1. The molecule has 0 spiro atoms. The van der Waals surface area contributed by atoms with E-state index in [0.29, 0.717) is 6.42 Å². The van der Waals surface area contributed by atoms with Crippen LogP contribution in [0.3, 0.4) is 0 Å². The fraction of sp³-hybridized carbons (Fsp3) is 0.421. The topological polar surface area (TPSA) is 47.6 Å². The van der Waals surface area contributed by atoms with Crippen LogP contribution in [0, 0.1) is 6.92 Å². The van der Waals surface area contributed by atoms with E-state index in [4.69, 9.17) is 9.47 Å². The van der Waals surface area contributed by atoms with Gasteiger partial charge in [-0.05, 0) is 42.2 Å². The normalized spacial score (nSPS) is 12.6. The summed E-state index contributed by atoms with van der Waals surface area (Å²) in [4.78, 5) is 12.2. The molecular formula is C19H25NO3. The maximum absolute atomic E-state index is 12.2. The molecule has 1 unspecified atom stereocenters. The highest BCUT2D eigenvalue weighted by atomic mass is 16.7. The summed E-state index contributed by atoms with van der Waals surface area (Å²) in [5, 5.41) is 5.36. The fourth-order valence-corrected chi connectivity index (χ4v) is 2.91. The Hall–Kier alpha value is -1.91. The second kappa shape index (κ2) is 8.09. The first-order chi connectivity index (χ1) is 11.1. The van der Waals surface area contributed by atoms with Gasteiger partial charge in [0.1, 0.15) is 0 Å². The number of hydrogen-bond donors (Lipinski definition) is 1. The van der Waals surface area contributed by atoms with Crippen molar-refractivity contribution >= 4 is 16.7 Å². The number of methoxy groups -OCH3 is 2. The molecule has 0 aliphatic rings. The predicted molar refractivity (Wildman–Crippen MR) is 92.4 cm³/mol. The van der Waals surface area contributed by atoms with Gasteiger partial charge in [0.15, 0.2) is 6.29 Å². The summed E-state index contributed by atoms with van der Waals surface area (Å²) in [5.41, 5.74) is 2.46. The van der Waals surface area contributed by atoms with Crippen LogP contribution in [0.4, 0.5) is 0 Å². The number of aryl methyl sites for hydroxylation is 2. The summed E-state index contributed by atoms with van der Waals surface area (Å²) in [5.74, 6) is 0.00364. The molecule has 1 atom stereocenters. The van der Waals surface area contributed by atoms with Crippen molar-refractivity contribution in [1.82, 2.24) is 5.32 Å². The highest BCUT2D eigenvalue weighted by molar-refractivity contribution is 5.87. The van der Waals surface area contributed by atoms with Crippen molar-refractivity contribution in [3.8, 4) is 0 Å². The van der Waals surface area contributed by atoms with Crippen LogP contribution < -0.4 is 5.32 Å². The molecule has 1 N–H and O–H groups in total. The molecule has 0 heterocycles. The molecule has 0 bridgehead atoms. The smallest absolute Gasteiger partial charge is 0.220 e. The molecule has 2 rings (SSSR count). The highest BCUT2D eigenvalue weighted by Gasteiger charge is 2.18. The number of carbonyl (C=O) groups excluding carboxylic acids is 1. The van der Waals surface area contributed by atoms with E-state index < -0.39 is 6.29 Å². The zero-order valence-electron chi connectivity index (χ0n) is 14.3. The molecule has 0 fully saturated rings. The van der Waals surface area contributed by atoms with Crippen LogP contribution in [0.25, 0.3) is 10.8 Å². The summed E-state index contributed by atoms with van der Waals surface area (Å²) in [6, 6.07) is 12.3. The molecule has 0 aliphatic carbocycles. The average Bonchev–Trinajstić information content (AvgIpc) is 2.55. The molecule has 0 radical (unpaired) electrons. The number of ether oxygens (including phenoxy) is 2. The third kappa shape index (κ3) is 4.30. The largest absolute Gasteiger partial charge is 0.354 e. The van der Waals surface area contributed by atoms with E-state index in [0.717, 1.165) is 6.42 Å². The third-order valence-corrected chi connectivity index (χ3v) is 4.14. The number of carbonyl (C=O) groups is 1. The van der Waals surface area contributed by atoms with E-state index in [-0.39, 0.29) is 11.9 Å². The number of nitrogens with one attached hydrogen (secondary N) is 1. The molecule has 4 heteroatoms. The van der Waals surface area contributed by atoms with Crippen molar-refractivity contribution in [1.29, 1.82) is 0 Å². The summed E-state index contributed by atoms with van der Waals surface area (Å²) in [6.07, 6.45) is 0.730. The molecule has 124 valence electrons. The minimum atomic E-state index is -0.432. The first-order valence-corrected chi connectivity index (χ1v) is 7.89. The lowest BCUT2D eigenvalue weighted by atomic mass is 9.96. The summed E-state index contributed by atoms with van der Waals surface area (Å²) in [7, 11) is 3.13. The summed E-state index contributed by atoms with van der Waals surface area (Å²) < 4.78 is 10.3. The van der Waals surface area contributed by atoms with Gasteiger partial charge in [-0.3, -0.25) is 4.79 Å². The van der Waals surface area contributed by atoms with Gasteiger partial charge in [-0.2, -0.15) is 0 Å². The van der Waals surface area contributed by atoms with E-state index in [1.54, 1.807) is 14.2 Å². The molecule has 4 nitrogen and oxygen atoms in total. The van der Waals surface area contributed by atoms with Gasteiger partial charge in [0, 0.05) is 20.6 Å². The van der Waals surface area contributed by atoms with Crippen molar-refractivity contribution in [3.63, 3.8) is 0 Å². The Morgan fingerprint density at radius 1 is 1.13 bits per heavy atom. The quantitative estimate of drug-likeness (QED) is 0.798. The number of benzene rings is 2. The summed E-state index contributed by atoms with van der Waals surface area (Å²) in [6.45, 7) is 3.97. The zero-order valence-corrected chi connectivity index (χ0v) is 14.3. The molecule has 2 aromatic rings. The minimum Gasteiger partial charge on any atom is -0.354 e. The maximum Gasteiger partial charge on any atom is 0.220 e. The second-order valence-electron chi connectivity index (χ2n) is 5.78. The molecule has 0 saturated carbocycles. The summed E-state index contributed by atoms with van der Waals surface area (Å²) >= 11 is 0. The molecular weight excluding hydrogens is 290 g/mol. The first-order valence-electron chi connectivity index (χ1n) is 7.89. The minimum absolute atomic E-state index is 0.00364. The van der Waals surface area contributed by atoms with Gasteiger partial charge in [-0.1, -0.05) is 36.4 Å². The molecule has 23 heavy (non-hydrogen) atoms. The van der Waals surface area contributed by atoms with Crippen LogP contribution in [0.15, 0.2) is 36.4 Å². The van der Waals surface area contributed by atoms with Crippen LogP contribution in [-0.4, -0.2) is 32.5 Å². The molecule has 1 amide bonds. The molecule has 0 aromatic heterocycles. The van der Waals surface area contributed by atoms with Gasteiger partial charge in [-0.25, -0.2) is 0 Å². The lowest BCUT2D eigenvalue weighted by molar-refractivity contribution is -0.135.